The van der Waals surface area contributed by atoms with Gasteiger partial charge in [-0.25, -0.2) is 4.98 Å². The molecule has 0 radical (unpaired) electrons. The minimum Gasteiger partial charge on any atom is -0.458 e. The summed E-state index contributed by atoms with van der Waals surface area (Å²) in [6.07, 6.45) is -0.492. The van der Waals surface area contributed by atoms with Gasteiger partial charge in [0.1, 0.15) is 11.9 Å². The Hall–Kier alpha value is -1.65. The minimum atomic E-state index is -1.29. The van der Waals surface area contributed by atoms with Crippen molar-refractivity contribution in [3.05, 3.63) is 21.7 Å². The highest BCUT2D eigenvalue weighted by molar-refractivity contribution is 7.09. The largest absolute Gasteiger partial charge is 0.458 e. The summed E-state index contributed by atoms with van der Waals surface area (Å²) in [6.45, 7) is 10.4. The first-order valence-corrected chi connectivity index (χ1v) is 13.3. The molecule has 198 valence electrons. The number of esters is 1. The molecule has 0 amide bonds. The number of cyclic esters (lactones) is 1. The lowest BCUT2D eigenvalue weighted by molar-refractivity contribution is -0.155. The highest BCUT2D eigenvalue weighted by Gasteiger charge is 2.42. The van der Waals surface area contributed by atoms with Gasteiger partial charge < -0.3 is 25.8 Å². The van der Waals surface area contributed by atoms with Crippen molar-refractivity contribution in [2.24, 2.45) is 23.0 Å². The SMILES string of the molecule is C/C(=C\c1csc(C)n1)[C@@H]1C[C@H](O)C(N)CCCC(C)[C@H](O)C(C)C(=O)C(C)(C)C(O)CC(=O)O1. The number of ether oxygens (including phenoxy) is 1. The molecule has 0 aromatic carbocycles. The van der Waals surface area contributed by atoms with Crippen molar-refractivity contribution >= 4 is 29.2 Å². The third kappa shape index (κ3) is 7.92. The summed E-state index contributed by atoms with van der Waals surface area (Å²) in [6, 6.07) is -0.536. The molecule has 0 spiro atoms. The van der Waals surface area contributed by atoms with E-state index in [9.17, 15) is 24.9 Å². The number of thiazole rings is 1. The number of carbonyl (C=O) groups excluding carboxylic acids is 2. The number of nitrogens with two attached hydrogens (primary N) is 1. The van der Waals surface area contributed by atoms with Gasteiger partial charge in [-0.05, 0) is 44.3 Å². The maximum Gasteiger partial charge on any atom is 0.309 e. The van der Waals surface area contributed by atoms with E-state index in [-0.39, 0.29) is 18.1 Å². The Kier molecular flexibility index (Phi) is 10.6. The van der Waals surface area contributed by atoms with E-state index in [1.807, 2.05) is 25.3 Å². The lowest BCUT2D eigenvalue weighted by Gasteiger charge is -2.35. The number of aromatic nitrogens is 1. The average molecular weight is 511 g/mol. The molecule has 1 aromatic heterocycles. The molecule has 1 aliphatic rings. The number of hydrogen-bond donors (Lipinski definition) is 4. The first-order valence-electron chi connectivity index (χ1n) is 12.4. The highest BCUT2D eigenvalue weighted by Crippen LogP contribution is 2.32. The van der Waals surface area contributed by atoms with Crippen molar-refractivity contribution in [2.45, 2.75) is 104 Å². The van der Waals surface area contributed by atoms with Crippen molar-refractivity contribution < 1.29 is 29.6 Å². The van der Waals surface area contributed by atoms with E-state index < -0.39 is 54.2 Å². The van der Waals surface area contributed by atoms with Gasteiger partial charge in [-0.2, -0.15) is 0 Å². The highest BCUT2D eigenvalue weighted by atomic mass is 32.1. The molecule has 2 heterocycles. The minimum absolute atomic E-state index is 0.103. The molecular weight excluding hydrogens is 468 g/mol. The Morgan fingerprint density at radius 2 is 1.89 bits per heavy atom. The number of aliphatic hydroxyl groups excluding tert-OH is 3. The van der Waals surface area contributed by atoms with Crippen LogP contribution in [-0.2, 0) is 14.3 Å². The van der Waals surface area contributed by atoms with Crippen molar-refractivity contribution in [3.63, 3.8) is 0 Å². The zero-order chi connectivity index (χ0) is 26.5. The van der Waals surface area contributed by atoms with E-state index in [0.29, 0.717) is 24.8 Å². The zero-order valence-electron chi connectivity index (χ0n) is 21.7. The molecule has 1 fully saturated rings. The quantitative estimate of drug-likeness (QED) is 0.445. The number of rotatable bonds is 2. The lowest BCUT2D eigenvalue weighted by Crippen LogP contribution is -2.46. The number of nitrogens with zero attached hydrogens (tertiary/aromatic N) is 1. The van der Waals surface area contributed by atoms with Crippen LogP contribution in [0.15, 0.2) is 11.0 Å². The average Bonchev–Trinajstić information content (AvgIpc) is 3.20. The van der Waals surface area contributed by atoms with Crippen molar-refractivity contribution in [3.8, 4) is 0 Å². The molecule has 7 atom stereocenters. The Bertz CT molecular complexity index is 898. The second-order valence-electron chi connectivity index (χ2n) is 10.6. The number of ketones is 1. The van der Waals surface area contributed by atoms with E-state index in [0.717, 1.165) is 10.7 Å². The van der Waals surface area contributed by atoms with Crippen LogP contribution < -0.4 is 5.73 Å². The van der Waals surface area contributed by atoms with E-state index in [1.165, 1.54) is 11.3 Å². The molecule has 0 aliphatic carbocycles. The normalized spacial score (nSPS) is 34.5. The van der Waals surface area contributed by atoms with Crippen LogP contribution in [0.4, 0.5) is 0 Å². The van der Waals surface area contributed by atoms with Crippen molar-refractivity contribution in [2.75, 3.05) is 0 Å². The standard InChI is InChI=1S/C26H42N2O6S/c1-14-8-7-9-19(27)20(29)11-21(15(2)10-18-13-35-17(4)28-18)34-23(31)12-22(30)26(5,6)25(33)16(3)24(14)32/h10,13-14,16,19-22,24,29-30,32H,7-9,11-12,27H2,1-6H3/b15-10+/t14?,16?,19?,20-,21-,22?,24-/m0/s1. The van der Waals surface area contributed by atoms with Gasteiger partial charge in [0.15, 0.2) is 0 Å². The van der Waals surface area contributed by atoms with Crippen LogP contribution in [0.2, 0.25) is 0 Å². The van der Waals surface area contributed by atoms with Gasteiger partial charge in [0, 0.05) is 23.8 Å². The molecule has 35 heavy (non-hydrogen) atoms. The van der Waals surface area contributed by atoms with Gasteiger partial charge in [-0.15, -0.1) is 11.3 Å². The predicted molar refractivity (Wildman–Crippen MR) is 137 cm³/mol. The van der Waals surface area contributed by atoms with Crippen LogP contribution in [0.3, 0.4) is 0 Å². The van der Waals surface area contributed by atoms with Crippen LogP contribution >= 0.6 is 11.3 Å². The molecule has 1 saturated heterocycles. The van der Waals surface area contributed by atoms with Crippen LogP contribution in [0.5, 0.6) is 0 Å². The first-order chi connectivity index (χ1) is 16.2. The monoisotopic (exact) mass is 510 g/mol. The number of carbonyl (C=O) groups is 2. The topological polar surface area (TPSA) is 143 Å². The predicted octanol–water partition coefficient (Wildman–Crippen LogP) is 3.01. The van der Waals surface area contributed by atoms with Crippen molar-refractivity contribution in [1.29, 1.82) is 0 Å². The van der Waals surface area contributed by atoms with Crippen LogP contribution in [0.1, 0.15) is 77.4 Å². The Morgan fingerprint density at radius 3 is 2.49 bits per heavy atom. The Morgan fingerprint density at radius 1 is 1.23 bits per heavy atom. The smallest absolute Gasteiger partial charge is 0.309 e. The van der Waals surface area contributed by atoms with Crippen molar-refractivity contribution in [1.82, 2.24) is 4.98 Å². The van der Waals surface area contributed by atoms with Crippen LogP contribution in [-0.4, -0.2) is 62.5 Å². The van der Waals surface area contributed by atoms with Gasteiger partial charge in [0.25, 0.3) is 0 Å². The second-order valence-corrected chi connectivity index (χ2v) is 11.7. The second kappa shape index (κ2) is 12.5. The molecule has 1 aliphatic heterocycles. The molecule has 8 nitrogen and oxygen atoms in total. The van der Waals surface area contributed by atoms with Gasteiger partial charge in [0.05, 0.1) is 40.8 Å². The maximum atomic E-state index is 13.2. The summed E-state index contributed by atoms with van der Waals surface area (Å²) in [5.74, 6) is -1.86. The molecule has 0 bridgehead atoms. The van der Waals surface area contributed by atoms with Gasteiger partial charge in [-0.1, -0.05) is 34.1 Å². The third-order valence-electron chi connectivity index (χ3n) is 7.28. The number of aryl methyl sites for hydroxylation is 1. The maximum absolute atomic E-state index is 13.2. The molecule has 0 saturated carbocycles. The van der Waals surface area contributed by atoms with Crippen LogP contribution in [0, 0.1) is 24.2 Å². The molecule has 1 aromatic rings. The Labute approximate surface area is 212 Å². The van der Waals surface area contributed by atoms with E-state index in [2.05, 4.69) is 4.98 Å². The van der Waals surface area contributed by atoms with Crippen LogP contribution in [0.25, 0.3) is 6.08 Å². The molecule has 9 heteroatoms. The van der Waals surface area contributed by atoms with E-state index in [4.69, 9.17) is 10.5 Å². The first kappa shape index (κ1) is 29.6. The number of aliphatic hydroxyl groups is 3. The van der Waals surface area contributed by atoms with Gasteiger partial charge in [-0.3, -0.25) is 9.59 Å². The summed E-state index contributed by atoms with van der Waals surface area (Å²) in [7, 11) is 0. The molecule has 5 N–H and O–H groups in total. The summed E-state index contributed by atoms with van der Waals surface area (Å²) in [5, 5.41) is 35.2. The third-order valence-corrected chi connectivity index (χ3v) is 8.07. The van der Waals surface area contributed by atoms with E-state index in [1.54, 1.807) is 27.7 Å². The molecule has 2 rings (SSSR count). The Balaban J connectivity index is 2.33. The fourth-order valence-electron chi connectivity index (χ4n) is 4.55. The molecule has 4 unspecified atom stereocenters. The number of hydrogen-bond acceptors (Lipinski definition) is 9. The summed E-state index contributed by atoms with van der Waals surface area (Å²) >= 11 is 1.51. The lowest BCUT2D eigenvalue weighted by atomic mass is 9.73. The summed E-state index contributed by atoms with van der Waals surface area (Å²) in [5.41, 5.74) is 6.43. The fourth-order valence-corrected chi connectivity index (χ4v) is 5.12. The molecular formula is C26H42N2O6S. The summed E-state index contributed by atoms with van der Waals surface area (Å²) in [4.78, 5) is 30.4. The zero-order valence-corrected chi connectivity index (χ0v) is 22.5. The van der Waals surface area contributed by atoms with Gasteiger partial charge >= 0.3 is 5.97 Å². The number of Topliss-reactive ketones (excluding diaryl/α,β-unsaturated/α-hetero) is 1. The fraction of sp³-hybridized carbons (Fsp3) is 0.731. The van der Waals surface area contributed by atoms with Gasteiger partial charge in [0.2, 0.25) is 0 Å². The summed E-state index contributed by atoms with van der Waals surface area (Å²) < 4.78 is 5.71. The van der Waals surface area contributed by atoms with E-state index >= 15 is 0 Å².